The van der Waals surface area contributed by atoms with Gasteiger partial charge in [0.15, 0.2) is 10.4 Å². The summed E-state index contributed by atoms with van der Waals surface area (Å²) in [5, 5.41) is 10.6. The van der Waals surface area contributed by atoms with Crippen molar-refractivity contribution in [1.29, 1.82) is 0 Å². The molecule has 1 aliphatic rings. The van der Waals surface area contributed by atoms with Crippen molar-refractivity contribution in [1.82, 2.24) is 10.2 Å². The van der Waals surface area contributed by atoms with Gasteiger partial charge >= 0.3 is 5.97 Å². The number of hydrogen-bond acceptors (Lipinski definition) is 11. The molecule has 1 aromatic heterocycles. The Kier molecular flexibility index (Phi) is 7.66. The number of rotatable bonds is 8. The van der Waals surface area contributed by atoms with Crippen LogP contribution >= 0.6 is 23.1 Å². The zero-order valence-corrected chi connectivity index (χ0v) is 21.9. The molecule has 190 valence electrons. The minimum Gasteiger partial charge on any atom is -0.497 e. The molecule has 0 fully saturated rings. The molecule has 14 heteroatoms. The highest BCUT2D eigenvalue weighted by molar-refractivity contribution is 8.01. The summed E-state index contributed by atoms with van der Waals surface area (Å²) >= 11 is 2.20. The van der Waals surface area contributed by atoms with Crippen LogP contribution in [0.15, 0.2) is 51.7 Å². The van der Waals surface area contributed by atoms with Gasteiger partial charge in [-0.3, -0.25) is 19.2 Å². The van der Waals surface area contributed by atoms with Crippen LogP contribution in [0.4, 0.5) is 10.8 Å². The van der Waals surface area contributed by atoms with Crippen molar-refractivity contribution in [3.8, 4) is 11.5 Å². The number of carbonyl (C=O) groups is 2. The molecule has 0 saturated carbocycles. The van der Waals surface area contributed by atoms with Crippen LogP contribution in [0.3, 0.4) is 0 Å². The molecule has 0 bridgehead atoms. The summed E-state index contributed by atoms with van der Waals surface area (Å²) in [6.45, 7) is 1.59. The molecule has 3 aromatic rings. The maximum Gasteiger partial charge on any atom is 0.316 e. The van der Waals surface area contributed by atoms with Gasteiger partial charge in [0, 0.05) is 0 Å². The first-order valence-corrected chi connectivity index (χ1v) is 13.7. The average Bonchev–Trinajstić information content (AvgIpc) is 3.33. The highest BCUT2D eigenvalue weighted by Gasteiger charge is 2.38. The third-order valence-corrected chi connectivity index (χ3v) is 8.84. The number of thioether (sulfide) groups is 1. The number of nitrogens with one attached hydrogen (secondary N) is 1. The zero-order valence-electron chi connectivity index (χ0n) is 19.5. The number of esters is 1. The number of anilines is 2. The Morgan fingerprint density at radius 1 is 1.19 bits per heavy atom. The van der Waals surface area contributed by atoms with Gasteiger partial charge in [-0.15, -0.1) is 10.2 Å². The predicted octanol–water partition coefficient (Wildman–Crippen LogP) is 2.72. The number of benzene rings is 2. The molecule has 1 amide bonds. The molecule has 0 aliphatic carbocycles. The molecule has 1 unspecified atom stereocenters. The first-order chi connectivity index (χ1) is 17.2. The third kappa shape index (κ3) is 5.55. The van der Waals surface area contributed by atoms with E-state index in [1.165, 1.54) is 26.4 Å². The second-order valence-corrected chi connectivity index (χ2v) is 11.6. The fraction of sp³-hybridized carbons (Fsp3) is 0.273. The van der Waals surface area contributed by atoms with E-state index >= 15 is 0 Å². The predicted molar refractivity (Wildman–Crippen MR) is 134 cm³/mol. The summed E-state index contributed by atoms with van der Waals surface area (Å²) in [7, 11) is -1.24. The molecule has 0 saturated heterocycles. The number of aromatic nitrogens is 2. The minimum atomic E-state index is -4.02. The van der Waals surface area contributed by atoms with E-state index in [1.54, 1.807) is 30.3 Å². The van der Waals surface area contributed by atoms with Gasteiger partial charge in [-0.1, -0.05) is 29.2 Å². The highest BCUT2D eigenvalue weighted by atomic mass is 32.2. The first kappa shape index (κ1) is 25.7. The molecule has 36 heavy (non-hydrogen) atoms. The van der Waals surface area contributed by atoms with Gasteiger partial charge in [0.2, 0.25) is 5.13 Å². The fourth-order valence-corrected chi connectivity index (χ4v) is 6.35. The summed E-state index contributed by atoms with van der Waals surface area (Å²) in [5.74, 6) is -0.157. The van der Waals surface area contributed by atoms with E-state index in [0.717, 1.165) is 33.0 Å². The minimum absolute atomic E-state index is 0.0484. The maximum atomic E-state index is 13.6. The van der Waals surface area contributed by atoms with Gasteiger partial charge in [0.05, 0.1) is 37.1 Å². The van der Waals surface area contributed by atoms with Gasteiger partial charge in [-0.25, -0.2) is 8.42 Å². The number of sulfonamides is 1. The molecule has 4 rings (SSSR count). The molecular weight excluding hydrogens is 528 g/mol. The standard InChI is InChI=1S/C22H22N4O7S3/c1-13-4-9-16-17(10-13)33-18(11-26(16)36(29,30)15-7-5-14(31-2)6-8-15)20(28)23-21-24-25-22(35-21)34-12-19(27)32-3/h4-10,18H,11-12H2,1-3H3,(H,23,24,28). The van der Waals surface area contributed by atoms with Crippen LogP contribution in [0, 0.1) is 6.92 Å². The SMILES string of the molecule is COC(=O)CSc1nnc(NC(=O)C2CN(S(=O)(=O)c3ccc(OC)cc3)c3ccc(C)cc3O2)s1. The summed E-state index contributed by atoms with van der Waals surface area (Å²) < 4.78 is 44.3. The smallest absolute Gasteiger partial charge is 0.316 e. The summed E-state index contributed by atoms with van der Waals surface area (Å²) in [4.78, 5) is 24.4. The molecule has 2 heterocycles. The van der Waals surface area contributed by atoms with Gasteiger partial charge in [0.1, 0.15) is 11.5 Å². The van der Waals surface area contributed by atoms with Gasteiger partial charge in [0.25, 0.3) is 15.9 Å². The Labute approximate surface area is 215 Å². The second kappa shape index (κ2) is 10.7. The van der Waals surface area contributed by atoms with Crippen molar-refractivity contribution in [2.75, 3.05) is 36.1 Å². The van der Waals surface area contributed by atoms with Crippen molar-refractivity contribution < 1.29 is 32.2 Å². The number of nitrogens with zero attached hydrogens (tertiary/aromatic N) is 3. The normalized spacial score (nSPS) is 15.0. The molecule has 11 nitrogen and oxygen atoms in total. The third-order valence-electron chi connectivity index (χ3n) is 5.10. The van der Waals surface area contributed by atoms with E-state index in [9.17, 15) is 18.0 Å². The monoisotopic (exact) mass is 550 g/mol. The Balaban J connectivity index is 1.57. The van der Waals surface area contributed by atoms with Crippen LogP contribution in [-0.4, -0.2) is 63.1 Å². The number of methoxy groups -OCH3 is 2. The lowest BCUT2D eigenvalue weighted by atomic mass is 10.1. The molecule has 1 N–H and O–H groups in total. The van der Waals surface area contributed by atoms with E-state index < -0.39 is 28.0 Å². The topological polar surface area (TPSA) is 137 Å². The van der Waals surface area contributed by atoms with Crippen molar-refractivity contribution in [2.45, 2.75) is 22.3 Å². The number of amides is 1. The summed E-state index contributed by atoms with van der Waals surface area (Å²) in [6, 6.07) is 11.1. The molecule has 1 atom stereocenters. The highest BCUT2D eigenvalue weighted by Crippen LogP contribution is 2.38. The Hall–Kier alpha value is -3.36. The van der Waals surface area contributed by atoms with Crippen molar-refractivity contribution in [3.05, 3.63) is 48.0 Å². The molecule has 0 spiro atoms. The lowest BCUT2D eigenvalue weighted by Gasteiger charge is -2.34. The van der Waals surface area contributed by atoms with Crippen molar-refractivity contribution in [2.24, 2.45) is 0 Å². The van der Waals surface area contributed by atoms with E-state index in [4.69, 9.17) is 9.47 Å². The van der Waals surface area contributed by atoms with Crippen LogP contribution in [0.2, 0.25) is 0 Å². The van der Waals surface area contributed by atoms with Crippen LogP contribution in [0.5, 0.6) is 11.5 Å². The lowest BCUT2D eigenvalue weighted by Crippen LogP contribution is -2.48. The number of ether oxygens (including phenoxy) is 3. The van der Waals surface area contributed by atoms with Crippen LogP contribution in [0.1, 0.15) is 5.56 Å². The van der Waals surface area contributed by atoms with Crippen LogP contribution < -0.4 is 19.1 Å². The second-order valence-electron chi connectivity index (χ2n) is 7.52. The number of fused-ring (bicyclic) bond motifs is 1. The van der Waals surface area contributed by atoms with Crippen LogP contribution in [-0.2, 0) is 24.3 Å². The van der Waals surface area contributed by atoms with E-state index in [-0.39, 0.29) is 28.1 Å². The lowest BCUT2D eigenvalue weighted by molar-refractivity contribution is -0.137. The van der Waals surface area contributed by atoms with Crippen LogP contribution in [0.25, 0.3) is 0 Å². The fourth-order valence-electron chi connectivity index (χ4n) is 3.28. The Morgan fingerprint density at radius 3 is 2.64 bits per heavy atom. The number of hydrogen-bond donors (Lipinski definition) is 1. The first-order valence-electron chi connectivity index (χ1n) is 10.5. The largest absolute Gasteiger partial charge is 0.497 e. The molecule has 1 aliphatic heterocycles. The Morgan fingerprint density at radius 2 is 1.94 bits per heavy atom. The van der Waals surface area contributed by atoms with Crippen molar-refractivity contribution in [3.63, 3.8) is 0 Å². The summed E-state index contributed by atoms with van der Waals surface area (Å²) in [5.41, 5.74) is 1.17. The number of aryl methyl sites for hydroxylation is 1. The van der Waals surface area contributed by atoms with Gasteiger partial charge in [-0.05, 0) is 48.9 Å². The molecule has 0 radical (unpaired) electrons. The zero-order chi connectivity index (χ0) is 25.9. The Bertz CT molecular complexity index is 1380. The van der Waals surface area contributed by atoms with Gasteiger partial charge < -0.3 is 14.2 Å². The quantitative estimate of drug-likeness (QED) is 0.253. The van der Waals surface area contributed by atoms with E-state index in [2.05, 4.69) is 20.3 Å². The van der Waals surface area contributed by atoms with E-state index in [0.29, 0.717) is 15.8 Å². The average molecular weight is 551 g/mol. The van der Waals surface area contributed by atoms with E-state index in [1.807, 2.05) is 6.92 Å². The van der Waals surface area contributed by atoms with Gasteiger partial charge in [-0.2, -0.15) is 0 Å². The molecular formula is C22H22N4O7S3. The molecule has 2 aromatic carbocycles. The summed E-state index contributed by atoms with van der Waals surface area (Å²) in [6.07, 6.45) is -1.15. The maximum absolute atomic E-state index is 13.6. The number of carbonyl (C=O) groups excluding carboxylic acids is 2. The van der Waals surface area contributed by atoms with Crippen molar-refractivity contribution >= 4 is 55.8 Å².